The lowest BCUT2D eigenvalue weighted by molar-refractivity contribution is 0.0300. The Hall–Kier alpha value is -0.140. The van der Waals surface area contributed by atoms with Gasteiger partial charge in [-0.1, -0.05) is 26.7 Å². The van der Waals surface area contributed by atoms with Crippen molar-refractivity contribution in [3.8, 4) is 0 Å². The van der Waals surface area contributed by atoms with Crippen molar-refractivity contribution in [2.75, 3.05) is 0 Å². The fourth-order valence-corrected chi connectivity index (χ4v) is 4.16. The molecule has 5 unspecified atom stereocenters. The van der Waals surface area contributed by atoms with Crippen LogP contribution in [0.2, 0.25) is 0 Å². The van der Waals surface area contributed by atoms with Crippen molar-refractivity contribution in [1.29, 1.82) is 0 Å². The molecule has 6 atom stereocenters. The quantitative estimate of drug-likeness (QED) is 0.643. The van der Waals surface area contributed by atoms with Gasteiger partial charge in [-0.05, 0) is 62.2 Å². The molecule has 18 heavy (non-hydrogen) atoms. The van der Waals surface area contributed by atoms with Gasteiger partial charge >= 0.3 is 0 Å². The molecule has 0 nitrogen and oxygen atoms in total. The molecule has 0 aromatic carbocycles. The molecule has 0 spiro atoms. The number of halogens is 2. The number of rotatable bonds is 3. The summed E-state index contributed by atoms with van der Waals surface area (Å²) in [6.45, 7) is 4.26. The van der Waals surface area contributed by atoms with E-state index in [-0.39, 0.29) is 11.8 Å². The SMILES string of the molecule is CCCC1CCC(C2CCC(C)C[C@H]2F)CC1F. The van der Waals surface area contributed by atoms with Crippen molar-refractivity contribution in [2.45, 2.75) is 77.6 Å². The topological polar surface area (TPSA) is 0 Å². The second-order valence-electron chi connectivity index (χ2n) is 6.74. The zero-order valence-electron chi connectivity index (χ0n) is 11.9. The average molecular weight is 258 g/mol. The Morgan fingerprint density at radius 2 is 1.72 bits per heavy atom. The number of alkyl halides is 2. The molecule has 0 heterocycles. The van der Waals surface area contributed by atoms with Gasteiger partial charge in [0, 0.05) is 0 Å². The second kappa shape index (κ2) is 6.34. The molecule has 2 heteroatoms. The van der Waals surface area contributed by atoms with E-state index in [1.54, 1.807) is 0 Å². The smallest absolute Gasteiger partial charge is 0.103 e. The predicted octanol–water partition coefficient (Wildman–Crippen LogP) is 5.32. The normalized spacial score (nSPS) is 46.0. The highest BCUT2D eigenvalue weighted by molar-refractivity contribution is 4.89. The van der Waals surface area contributed by atoms with Crippen LogP contribution in [0.25, 0.3) is 0 Å². The van der Waals surface area contributed by atoms with E-state index in [0.717, 1.165) is 38.5 Å². The van der Waals surface area contributed by atoms with Gasteiger partial charge in [-0.2, -0.15) is 0 Å². The minimum absolute atomic E-state index is 0.155. The molecular formula is C16H28F2. The molecule has 2 fully saturated rings. The van der Waals surface area contributed by atoms with E-state index in [1.165, 1.54) is 0 Å². The second-order valence-corrected chi connectivity index (χ2v) is 6.74. The van der Waals surface area contributed by atoms with Crippen molar-refractivity contribution in [3.05, 3.63) is 0 Å². The minimum Gasteiger partial charge on any atom is -0.247 e. The Balaban J connectivity index is 1.87. The first kappa shape index (κ1) is 14.3. The lowest BCUT2D eigenvalue weighted by Gasteiger charge is -2.40. The molecule has 0 N–H and O–H groups in total. The van der Waals surface area contributed by atoms with Gasteiger partial charge in [0.25, 0.3) is 0 Å². The Labute approximate surface area is 111 Å². The summed E-state index contributed by atoms with van der Waals surface area (Å²) in [5.74, 6) is 1.25. The van der Waals surface area contributed by atoms with E-state index < -0.39 is 12.3 Å². The first-order chi connectivity index (χ1) is 8.61. The summed E-state index contributed by atoms with van der Waals surface area (Å²) in [6, 6.07) is 0. The van der Waals surface area contributed by atoms with Crippen LogP contribution in [0.1, 0.15) is 65.2 Å². The van der Waals surface area contributed by atoms with Crippen LogP contribution in [0, 0.1) is 23.7 Å². The molecule has 0 aromatic heterocycles. The van der Waals surface area contributed by atoms with Gasteiger partial charge in [0.2, 0.25) is 0 Å². The van der Waals surface area contributed by atoms with E-state index in [4.69, 9.17) is 0 Å². The first-order valence-corrected chi connectivity index (χ1v) is 7.90. The summed E-state index contributed by atoms with van der Waals surface area (Å²) in [4.78, 5) is 0. The first-order valence-electron chi connectivity index (χ1n) is 7.90. The summed E-state index contributed by atoms with van der Waals surface area (Å²) in [5, 5.41) is 0. The van der Waals surface area contributed by atoms with Gasteiger partial charge in [0.05, 0.1) is 0 Å². The standard InChI is InChI=1S/C16H28F2/c1-3-4-12-6-7-13(10-15(12)17)14-8-5-11(2)9-16(14)18/h11-16H,3-10H2,1-2H3/t11?,12?,13?,14?,15?,16-/m1/s1. The molecule has 2 rings (SSSR count). The molecule has 2 aliphatic rings. The van der Waals surface area contributed by atoms with Crippen molar-refractivity contribution in [1.82, 2.24) is 0 Å². The number of hydrogen-bond acceptors (Lipinski definition) is 0. The molecule has 2 saturated carbocycles. The van der Waals surface area contributed by atoms with Crippen molar-refractivity contribution < 1.29 is 8.78 Å². The maximum absolute atomic E-state index is 14.1. The van der Waals surface area contributed by atoms with Crippen LogP contribution in [0.15, 0.2) is 0 Å². The van der Waals surface area contributed by atoms with Crippen LogP contribution in [-0.2, 0) is 0 Å². The third-order valence-electron chi connectivity index (χ3n) is 5.30. The molecule has 0 saturated heterocycles. The van der Waals surface area contributed by atoms with Gasteiger partial charge < -0.3 is 0 Å². The van der Waals surface area contributed by atoms with Gasteiger partial charge in [0.15, 0.2) is 0 Å². The van der Waals surface area contributed by atoms with E-state index in [1.807, 2.05) is 0 Å². The predicted molar refractivity (Wildman–Crippen MR) is 72.0 cm³/mol. The van der Waals surface area contributed by atoms with Crippen molar-refractivity contribution in [2.24, 2.45) is 23.7 Å². The molecule has 106 valence electrons. The van der Waals surface area contributed by atoms with Crippen molar-refractivity contribution in [3.63, 3.8) is 0 Å². The molecule has 0 radical (unpaired) electrons. The molecule has 2 aliphatic carbocycles. The lowest BCUT2D eigenvalue weighted by atomic mass is 9.67. The highest BCUT2D eigenvalue weighted by Gasteiger charge is 2.39. The van der Waals surface area contributed by atoms with Gasteiger partial charge in [-0.15, -0.1) is 0 Å². The third-order valence-corrected chi connectivity index (χ3v) is 5.30. The van der Waals surface area contributed by atoms with Crippen LogP contribution in [0.4, 0.5) is 8.78 Å². The maximum atomic E-state index is 14.1. The van der Waals surface area contributed by atoms with Gasteiger partial charge in [-0.25, -0.2) is 8.78 Å². The van der Waals surface area contributed by atoms with Crippen LogP contribution in [0.5, 0.6) is 0 Å². The summed E-state index contributed by atoms with van der Waals surface area (Å²) < 4.78 is 28.3. The van der Waals surface area contributed by atoms with E-state index in [9.17, 15) is 8.78 Å². The summed E-state index contributed by atoms with van der Waals surface area (Å²) in [5.41, 5.74) is 0. The molecule has 0 amide bonds. The van der Waals surface area contributed by atoms with E-state index in [0.29, 0.717) is 24.7 Å². The Bertz CT molecular complexity index is 253. The van der Waals surface area contributed by atoms with E-state index >= 15 is 0 Å². The summed E-state index contributed by atoms with van der Waals surface area (Å²) in [7, 11) is 0. The van der Waals surface area contributed by atoms with Crippen LogP contribution < -0.4 is 0 Å². The average Bonchev–Trinajstić information content (AvgIpc) is 2.32. The van der Waals surface area contributed by atoms with Gasteiger partial charge in [-0.3, -0.25) is 0 Å². The van der Waals surface area contributed by atoms with E-state index in [2.05, 4.69) is 13.8 Å². The Morgan fingerprint density at radius 1 is 0.944 bits per heavy atom. The molecule has 0 aliphatic heterocycles. The third kappa shape index (κ3) is 3.24. The Kier molecular flexibility index (Phi) is 5.03. The lowest BCUT2D eigenvalue weighted by Crippen LogP contribution is -2.36. The zero-order chi connectivity index (χ0) is 13.1. The molecule has 0 bridgehead atoms. The van der Waals surface area contributed by atoms with Crippen molar-refractivity contribution >= 4 is 0 Å². The van der Waals surface area contributed by atoms with Crippen LogP contribution >= 0.6 is 0 Å². The Morgan fingerprint density at radius 3 is 2.33 bits per heavy atom. The molecule has 0 aromatic rings. The fourth-order valence-electron chi connectivity index (χ4n) is 4.16. The fraction of sp³-hybridized carbons (Fsp3) is 1.00. The summed E-state index contributed by atoms with van der Waals surface area (Å²) >= 11 is 0. The monoisotopic (exact) mass is 258 g/mol. The highest BCUT2D eigenvalue weighted by atomic mass is 19.1. The van der Waals surface area contributed by atoms with Crippen LogP contribution in [-0.4, -0.2) is 12.3 Å². The minimum atomic E-state index is -0.673. The van der Waals surface area contributed by atoms with Crippen LogP contribution in [0.3, 0.4) is 0 Å². The maximum Gasteiger partial charge on any atom is 0.103 e. The summed E-state index contributed by atoms with van der Waals surface area (Å²) in [6.07, 6.45) is 6.24. The van der Waals surface area contributed by atoms with Gasteiger partial charge in [0.1, 0.15) is 12.3 Å². The molecular weight excluding hydrogens is 230 g/mol. The largest absolute Gasteiger partial charge is 0.247 e. The number of hydrogen-bond donors (Lipinski definition) is 0. The zero-order valence-corrected chi connectivity index (χ0v) is 11.9. The highest BCUT2D eigenvalue weighted by Crippen LogP contribution is 2.44.